The standard InChI is InChI=1S/C19H21N3O5/c1-19(2,3)27-18(24)26-15-8-7-13(10-16(15)25-4)11-21-22-17(23)14-6-5-9-20-12-14/h5-12H,1-4H3,(H,22,23). The van der Waals surface area contributed by atoms with E-state index < -0.39 is 11.8 Å². The lowest BCUT2D eigenvalue weighted by molar-refractivity contribution is 0.0201. The smallest absolute Gasteiger partial charge is 0.493 e. The van der Waals surface area contributed by atoms with Crippen molar-refractivity contribution in [2.45, 2.75) is 26.4 Å². The molecule has 0 radical (unpaired) electrons. The Balaban J connectivity index is 2.02. The molecule has 0 atom stereocenters. The number of rotatable bonds is 5. The van der Waals surface area contributed by atoms with E-state index >= 15 is 0 Å². The molecule has 8 nitrogen and oxygen atoms in total. The molecular formula is C19H21N3O5. The number of hydrogen-bond donors (Lipinski definition) is 1. The van der Waals surface area contributed by atoms with Crippen LogP contribution in [0.4, 0.5) is 4.79 Å². The second-order valence-electron chi connectivity index (χ2n) is 6.42. The van der Waals surface area contributed by atoms with E-state index in [1.165, 1.54) is 19.5 Å². The van der Waals surface area contributed by atoms with Gasteiger partial charge in [-0.25, -0.2) is 10.2 Å². The molecule has 0 bridgehead atoms. The van der Waals surface area contributed by atoms with E-state index in [9.17, 15) is 9.59 Å². The van der Waals surface area contributed by atoms with Crippen LogP contribution in [0.15, 0.2) is 47.8 Å². The van der Waals surface area contributed by atoms with Gasteiger partial charge in [0, 0.05) is 12.4 Å². The predicted octanol–water partition coefficient (Wildman–Crippen LogP) is 3.17. The van der Waals surface area contributed by atoms with E-state index in [1.807, 2.05) is 0 Å². The zero-order valence-electron chi connectivity index (χ0n) is 15.6. The van der Waals surface area contributed by atoms with Gasteiger partial charge < -0.3 is 14.2 Å². The van der Waals surface area contributed by atoms with Crippen molar-refractivity contribution in [1.29, 1.82) is 0 Å². The number of aromatic nitrogens is 1. The second-order valence-corrected chi connectivity index (χ2v) is 6.42. The van der Waals surface area contributed by atoms with Crippen LogP contribution < -0.4 is 14.9 Å². The second kappa shape index (κ2) is 8.79. The summed E-state index contributed by atoms with van der Waals surface area (Å²) in [5.41, 5.74) is 2.77. The average Bonchev–Trinajstić information content (AvgIpc) is 2.61. The molecule has 2 rings (SSSR count). The van der Waals surface area contributed by atoms with Crippen molar-refractivity contribution in [3.63, 3.8) is 0 Å². The molecule has 0 aliphatic rings. The summed E-state index contributed by atoms with van der Waals surface area (Å²) in [5, 5.41) is 3.89. The first kappa shape index (κ1) is 19.9. The third kappa shape index (κ3) is 6.43. The maximum absolute atomic E-state index is 11.9. The van der Waals surface area contributed by atoms with Gasteiger partial charge in [-0.05, 0) is 56.7 Å². The molecular weight excluding hydrogens is 350 g/mol. The lowest BCUT2D eigenvalue weighted by Gasteiger charge is -2.19. The number of amides is 1. The number of carbonyl (C=O) groups excluding carboxylic acids is 2. The van der Waals surface area contributed by atoms with Gasteiger partial charge in [-0.2, -0.15) is 5.10 Å². The monoisotopic (exact) mass is 371 g/mol. The van der Waals surface area contributed by atoms with E-state index in [0.717, 1.165) is 0 Å². The molecule has 0 aliphatic carbocycles. The summed E-state index contributed by atoms with van der Waals surface area (Å²) in [7, 11) is 1.45. The predicted molar refractivity (Wildman–Crippen MR) is 99.2 cm³/mol. The Hall–Kier alpha value is -3.42. The van der Waals surface area contributed by atoms with Crippen LogP contribution in [0.1, 0.15) is 36.7 Å². The zero-order chi connectivity index (χ0) is 19.9. The first-order chi connectivity index (χ1) is 12.8. The quantitative estimate of drug-likeness (QED) is 0.375. The van der Waals surface area contributed by atoms with Gasteiger partial charge in [-0.3, -0.25) is 9.78 Å². The third-order valence-corrected chi connectivity index (χ3v) is 3.07. The van der Waals surface area contributed by atoms with E-state index in [1.54, 1.807) is 57.3 Å². The fourth-order valence-electron chi connectivity index (χ4n) is 1.94. The third-order valence-electron chi connectivity index (χ3n) is 3.07. The Labute approximate surface area is 157 Å². The lowest BCUT2D eigenvalue weighted by atomic mass is 10.2. The highest BCUT2D eigenvalue weighted by Crippen LogP contribution is 2.28. The maximum atomic E-state index is 11.9. The van der Waals surface area contributed by atoms with E-state index in [0.29, 0.717) is 16.9 Å². The number of benzene rings is 1. The fourth-order valence-corrected chi connectivity index (χ4v) is 1.94. The number of ether oxygens (including phenoxy) is 3. The summed E-state index contributed by atoms with van der Waals surface area (Å²) in [6, 6.07) is 8.10. The molecule has 0 saturated carbocycles. The maximum Gasteiger partial charge on any atom is 0.514 e. The largest absolute Gasteiger partial charge is 0.514 e. The molecule has 1 aromatic heterocycles. The summed E-state index contributed by atoms with van der Waals surface area (Å²) in [5.74, 6) is 0.155. The minimum atomic E-state index is -0.828. The number of methoxy groups -OCH3 is 1. The van der Waals surface area contributed by atoms with Gasteiger partial charge in [0.1, 0.15) is 5.60 Å². The van der Waals surface area contributed by atoms with Gasteiger partial charge in [-0.1, -0.05) is 0 Å². The molecule has 0 spiro atoms. The van der Waals surface area contributed by atoms with Crippen LogP contribution in [0.25, 0.3) is 0 Å². The molecule has 1 amide bonds. The number of hydrazone groups is 1. The number of nitrogens with zero attached hydrogens (tertiary/aromatic N) is 2. The SMILES string of the molecule is COc1cc(C=NNC(=O)c2cccnc2)ccc1OC(=O)OC(C)(C)C. The van der Waals surface area contributed by atoms with E-state index in [2.05, 4.69) is 15.5 Å². The molecule has 142 valence electrons. The summed E-state index contributed by atoms with van der Waals surface area (Å²) in [6.07, 6.45) is 3.63. The van der Waals surface area contributed by atoms with E-state index in [-0.39, 0.29) is 11.7 Å². The molecule has 0 saturated heterocycles. The van der Waals surface area contributed by atoms with E-state index in [4.69, 9.17) is 14.2 Å². The van der Waals surface area contributed by atoms with Crippen LogP contribution >= 0.6 is 0 Å². The van der Waals surface area contributed by atoms with Crippen LogP contribution in [-0.2, 0) is 4.74 Å². The lowest BCUT2D eigenvalue weighted by Crippen LogP contribution is -2.26. The topological polar surface area (TPSA) is 99.1 Å². The fraction of sp³-hybridized carbons (Fsp3) is 0.263. The summed E-state index contributed by atoms with van der Waals surface area (Å²) in [6.45, 7) is 5.22. The average molecular weight is 371 g/mol. The first-order valence-electron chi connectivity index (χ1n) is 8.11. The van der Waals surface area contributed by atoms with Crippen molar-refractivity contribution in [2.75, 3.05) is 7.11 Å². The summed E-state index contributed by atoms with van der Waals surface area (Å²) >= 11 is 0. The van der Waals surface area contributed by atoms with Crippen molar-refractivity contribution in [1.82, 2.24) is 10.4 Å². The van der Waals surface area contributed by atoms with Gasteiger partial charge >= 0.3 is 6.16 Å². The molecule has 0 unspecified atom stereocenters. The highest BCUT2D eigenvalue weighted by Gasteiger charge is 2.19. The molecule has 1 aromatic carbocycles. The van der Waals surface area contributed by atoms with Gasteiger partial charge in [-0.15, -0.1) is 0 Å². The van der Waals surface area contributed by atoms with Crippen molar-refractivity contribution in [3.05, 3.63) is 53.9 Å². The number of nitrogens with one attached hydrogen (secondary N) is 1. The Morgan fingerprint density at radius 3 is 2.59 bits per heavy atom. The minimum Gasteiger partial charge on any atom is -0.493 e. The number of carbonyl (C=O) groups is 2. The Kier molecular flexibility index (Phi) is 6.48. The van der Waals surface area contributed by atoms with Gasteiger partial charge in [0.05, 0.1) is 18.9 Å². The highest BCUT2D eigenvalue weighted by molar-refractivity contribution is 5.94. The molecule has 1 N–H and O–H groups in total. The van der Waals surface area contributed by atoms with Crippen LogP contribution in [0, 0.1) is 0 Å². The molecule has 0 aliphatic heterocycles. The number of pyridine rings is 1. The van der Waals surface area contributed by atoms with Crippen LogP contribution in [0.2, 0.25) is 0 Å². The van der Waals surface area contributed by atoms with Crippen molar-refractivity contribution < 1.29 is 23.8 Å². The summed E-state index contributed by atoms with van der Waals surface area (Å²) in [4.78, 5) is 27.5. The number of hydrogen-bond acceptors (Lipinski definition) is 7. The van der Waals surface area contributed by atoms with Crippen molar-refractivity contribution >= 4 is 18.3 Å². The Morgan fingerprint density at radius 1 is 1.19 bits per heavy atom. The van der Waals surface area contributed by atoms with Gasteiger partial charge in [0.25, 0.3) is 5.91 Å². The molecule has 8 heteroatoms. The summed E-state index contributed by atoms with van der Waals surface area (Å²) < 4.78 is 15.5. The van der Waals surface area contributed by atoms with Gasteiger partial charge in [0.15, 0.2) is 11.5 Å². The van der Waals surface area contributed by atoms with Crippen LogP contribution in [0.5, 0.6) is 11.5 Å². The first-order valence-corrected chi connectivity index (χ1v) is 8.11. The molecule has 0 fully saturated rings. The molecule has 1 heterocycles. The zero-order valence-corrected chi connectivity index (χ0v) is 15.6. The Bertz CT molecular complexity index is 829. The van der Waals surface area contributed by atoms with Crippen LogP contribution in [0.3, 0.4) is 0 Å². The highest BCUT2D eigenvalue weighted by atomic mass is 16.7. The van der Waals surface area contributed by atoms with Crippen molar-refractivity contribution in [3.8, 4) is 11.5 Å². The van der Waals surface area contributed by atoms with Gasteiger partial charge in [0.2, 0.25) is 0 Å². The van der Waals surface area contributed by atoms with Crippen molar-refractivity contribution in [2.24, 2.45) is 5.10 Å². The van der Waals surface area contributed by atoms with Crippen LogP contribution in [-0.4, -0.2) is 36.0 Å². The molecule has 2 aromatic rings. The normalized spacial score (nSPS) is 11.1. The minimum absolute atomic E-state index is 0.211. The molecule has 27 heavy (non-hydrogen) atoms. The Morgan fingerprint density at radius 2 is 1.96 bits per heavy atom.